The lowest BCUT2D eigenvalue weighted by atomic mass is 10.1. The average Bonchev–Trinajstić information content (AvgIpc) is 2.74. The lowest BCUT2D eigenvalue weighted by molar-refractivity contribution is -0.0373. The summed E-state index contributed by atoms with van der Waals surface area (Å²) in [6, 6.07) is 9.12. The predicted molar refractivity (Wildman–Crippen MR) is 74.5 cm³/mol. The van der Waals surface area contributed by atoms with E-state index in [0.29, 0.717) is 0 Å². The number of amides is 2. The van der Waals surface area contributed by atoms with Crippen LogP contribution in [0, 0.1) is 0 Å². The largest absolute Gasteiger partial charge is 0.443 e. The molecule has 1 aromatic carbocycles. The summed E-state index contributed by atoms with van der Waals surface area (Å²) in [6.07, 6.45) is -3.08. The molecule has 114 valence electrons. The lowest BCUT2D eigenvalue weighted by Gasteiger charge is -2.25. The number of rotatable bonds is 2. The van der Waals surface area contributed by atoms with Crippen molar-refractivity contribution in [2.75, 3.05) is 7.11 Å². The van der Waals surface area contributed by atoms with E-state index in [1.165, 1.54) is 7.11 Å². The second-order valence-electron chi connectivity index (χ2n) is 5.69. The highest BCUT2D eigenvalue weighted by molar-refractivity contribution is 5.90. The Hall–Kier alpha value is -2.08. The molecule has 1 fully saturated rings. The minimum Gasteiger partial charge on any atom is -0.443 e. The molecule has 1 aromatic rings. The molecule has 0 bridgehead atoms. The molecule has 0 saturated carbocycles. The Labute approximate surface area is 123 Å². The van der Waals surface area contributed by atoms with Gasteiger partial charge in [0.1, 0.15) is 5.60 Å². The third kappa shape index (κ3) is 3.33. The minimum absolute atomic E-state index is 0.670. The van der Waals surface area contributed by atoms with Crippen LogP contribution in [-0.4, -0.2) is 36.0 Å². The molecule has 0 spiro atoms. The molecule has 2 rings (SSSR count). The van der Waals surface area contributed by atoms with Crippen LogP contribution in [-0.2, 0) is 14.2 Å². The van der Waals surface area contributed by atoms with Crippen LogP contribution in [0.5, 0.6) is 0 Å². The van der Waals surface area contributed by atoms with Crippen molar-refractivity contribution in [2.24, 2.45) is 0 Å². The van der Waals surface area contributed by atoms with Gasteiger partial charge in [-0.15, -0.1) is 0 Å². The van der Waals surface area contributed by atoms with E-state index in [-0.39, 0.29) is 0 Å². The Kier molecular flexibility index (Phi) is 4.18. The summed E-state index contributed by atoms with van der Waals surface area (Å²) < 4.78 is 15.8. The number of benzene rings is 1. The van der Waals surface area contributed by atoms with Gasteiger partial charge >= 0.3 is 12.2 Å². The van der Waals surface area contributed by atoms with E-state index < -0.39 is 30.1 Å². The number of hydrogen-bond acceptors (Lipinski definition) is 5. The van der Waals surface area contributed by atoms with Gasteiger partial charge in [-0.25, -0.2) is 9.59 Å². The first-order valence-corrected chi connectivity index (χ1v) is 6.64. The molecule has 0 N–H and O–H groups in total. The first-order chi connectivity index (χ1) is 9.83. The van der Waals surface area contributed by atoms with Gasteiger partial charge in [0.25, 0.3) is 0 Å². The van der Waals surface area contributed by atoms with Crippen molar-refractivity contribution in [2.45, 2.75) is 38.7 Å². The van der Waals surface area contributed by atoms with E-state index in [9.17, 15) is 9.59 Å². The van der Waals surface area contributed by atoms with Crippen LogP contribution in [0.4, 0.5) is 9.59 Å². The molecule has 1 aliphatic rings. The van der Waals surface area contributed by atoms with Gasteiger partial charge < -0.3 is 14.2 Å². The van der Waals surface area contributed by atoms with Gasteiger partial charge in [-0.3, -0.25) is 0 Å². The summed E-state index contributed by atoms with van der Waals surface area (Å²) in [5.41, 5.74) is 0.0456. The SMILES string of the molecule is COC1C(c2ccccc2)OC(=O)N1C(=O)OC(C)(C)C. The Morgan fingerprint density at radius 1 is 1.24 bits per heavy atom. The molecular weight excluding hydrogens is 274 g/mol. The molecule has 0 aliphatic carbocycles. The maximum atomic E-state index is 12.1. The van der Waals surface area contributed by atoms with Gasteiger partial charge in [0, 0.05) is 7.11 Å². The maximum Gasteiger partial charge on any atom is 0.422 e. The van der Waals surface area contributed by atoms with Gasteiger partial charge in [-0.05, 0) is 26.3 Å². The van der Waals surface area contributed by atoms with Crippen molar-refractivity contribution in [3.8, 4) is 0 Å². The quantitative estimate of drug-likeness (QED) is 0.838. The summed E-state index contributed by atoms with van der Waals surface area (Å²) in [5, 5.41) is 0. The zero-order valence-corrected chi connectivity index (χ0v) is 12.5. The third-order valence-electron chi connectivity index (χ3n) is 2.90. The highest BCUT2D eigenvalue weighted by Crippen LogP contribution is 2.33. The maximum absolute atomic E-state index is 12.1. The zero-order chi connectivity index (χ0) is 15.6. The van der Waals surface area contributed by atoms with E-state index in [0.717, 1.165) is 10.5 Å². The predicted octanol–water partition coefficient (Wildman–Crippen LogP) is 3.09. The van der Waals surface area contributed by atoms with Crippen LogP contribution in [0.25, 0.3) is 0 Å². The van der Waals surface area contributed by atoms with Gasteiger partial charge in [-0.2, -0.15) is 4.90 Å². The molecule has 1 heterocycles. The van der Waals surface area contributed by atoms with Crippen molar-refractivity contribution < 1.29 is 23.8 Å². The number of carbonyl (C=O) groups excluding carboxylic acids is 2. The van der Waals surface area contributed by atoms with Gasteiger partial charge in [0.15, 0.2) is 12.3 Å². The Balaban J connectivity index is 2.23. The van der Waals surface area contributed by atoms with Crippen LogP contribution in [0.1, 0.15) is 32.4 Å². The van der Waals surface area contributed by atoms with Crippen LogP contribution < -0.4 is 0 Å². The number of cyclic esters (lactones) is 1. The second-order valence-corrected chi connectivity index (χ2v) is 5.69. The minimum atomic E-state index is -0.852. The zero-order valence-electron chi connectivity index (χ0n) is 12.5. The molecule has 1 saturated heterocycles. The molecule has 0 aromatic heterocycles. The Morgan fingerprint density at radius 3 is 2.38 bits per heavy atom. The summed E-state index contributed by atoms with van der Waals surface area (Å²) in [7, 11) is 1.42. The van der Waals surface area contributed by atoms with Crippen molar-refractivity contribution in [1.82, 2.24) is 4.90 Å². The summed E-state index contributed by atoms with van der Waals surface area (Å²) in [4.78, 5) is 25.0. The number of hydrogen-bond donors (Lipinski definition) is 0. The molecule has 6 heteroatoms. The van der Waals surface area contributed by atoms with E-state index in [4.69, 9.17) is 14.2 Å². The fourth-order valence-electron chi connectivity index (χ4n) is 2.06. The standard InChI is InChI=1S/C15H19NO5/c1-15(2,3)21-14(18)16-12(19-4)11(20-13(16)17)10-8-6-5-7-9-10/h5-9,11-12H,1-4H3. The van der Waals surface area contributed by atoms with Crippen LogP contribution >= 0.6 is 0 Å². The van der Waals surface area contributed by atoms with Crippen molar-refractivity contribution in [3.63, 3.8) is 0 Å². The first-order valence-electron chi connectivity index (χ1n) is 6.64. The number of ether oxygens (including phenoxy) is 3. The van der Waals surface area contributed by atoms with Gasteiger partial charge in [0.05, 0.1) is 0 Å². The molecular formula is C15H19NO5. The summed E-state index contributed by atoms with van der Waals surface area (Å²) in [6.45, 7) is 5.17. The van der Waals surface area contributed by atoms with E-state index in [1.54, 1.807) is 20.8 Å². The normalized spacial score (nSPS) is 22.1. The highest BCUT2D eigenvalue weighted by Gasteiger charge is 2.48. The Bertz CT molecular complexity index is 523. The van der Waals surface area contributed by atoms with Crippen LogP contribution in [0.3, 0.4) is 0 Å². The van der Waals surface area contributed by atoms with Gasteiger partial charge in [0.2, 0.25) is 0 Å². The van der Waals surface area contributed by atoms with Crippen LogP contribution in [0.2, 0.25) is 0 Å². The molecule has 6 nitrogen and oxygen atoms in total. The monoisotopic (exact) mass is 293 g/mol. The van der Waals surface area contributed by atoms with Crippen molar-refractivity contribution >= 4 is 12.2 Å². The fraction of sp³-hybridized carbons (Fsp3) is 0.467. The molecule has 1 aliphatic heterocycles. The molecule has 2 atom stereocenters. The first kappa shape index (κ1) is 15.3. The lowest BCUT2D eigenvalue weighted by Crippen LogP contribution is -2.43. The van der Waals surface area contributed by atoms with Crippen molar-refractivity contribution in [1.29, 1.82) is 0 Å². The smallest absolute Gasteiger partial charge is 0.422 e. The highest BCUT2D eigenvalue weighted by atomic mass is 16.6. The second kappa shape index (κ2) is 5.73. The van der Waals surface area contributed by atoms with E-state index in [2.05, 4.69) is 0 Å². The summed E-state index contributed by atoms with van der Waals surface area (Å²) in [5.74, 6) is 0. The molecule has 2 unspecified atom stereocenters. The van der Waals surface area contributed by atoms with Gasteiger partial charge in [-0.1, -0.05) is 30.3 Å². The molecule has 0 radical (unpaired) electrons. The fourth-order valence-corrected chi connectivity index (χ4v) is 2.06. The third-order valence-corrected chi connectivity index (χ3v) is 2.90. The van der Waals surface area contributed by atoms with Crippen molar-refractivity contribution in [3.05, 3.63) is 35.9 Å². The summed E-state index contributed by atoms with van der Waals surface area (Å²) >= 11 is 0. The molecule has 2 amide bonds. The number of nitrogens with zero attached hydrogens (tertiary/aromatic N) is 1. The van der Waals surface area contributed by atoms with E-state index in [1.807, 2.05) is 30.3 Å². The van der Waals surface area contributed by atoms with Crippen LogP contribution in [0.15, 0.2) is 30.3 Å². The average molecular weight is 293 g/mol. The van der Waals surface area contributed by atoms with E-state index >= 15 is 0 Å². The number of methoxy groups -OCH3 is 1. The topological polar surface area (TPSA) is 65.1 Å². The Morgan fingerprint density at radius 2 is 1.86 bits per heavy atom. The number of carbonyl (C=O) groups is 2. The number of imide groups is 1. The molecule has 21 heavy (non-hydrogen) atoms.